The maximum atomic E-state index is 12.4. The Labute approximate surface area is 164 Å². The van der Waals surface area contributed by atoms with Crippen LogP contribution in [0.2, 0.25) is 5.02 Å². The summed E-state index contributed by atoms with van der Waals surface area (Å²) in [6, 6.07) is 7.63. The van der Waals surface area contributed by atoms with E-state index in [2.05, 4.69) is 15.5 Å². The summed E-state index contributed by atoms with van der Waals surface area (Å²) in [6.45, 7) is 1.73. The molecule has 1 unspecified atom stereocenters. The maximum absolute atomic E-state index is 12.4. The van der Waals surface area contributed by atoms with Gasteiger partial charge in [0.1, 0.15) is 0 Å². The normalized spacial score (nSPS) is 16.5. The van der Waals surface area contributed by atoms with Crippen molar-refractivity contribution >= 4 is 29.9 Å². The number of aryl methyl sites for hydroxylation is 1. The fraction of sp³-hybridized carbons (Fsp3) is 0.500. The monoisotopic (exact) mass is 398 g/mol. The molecule has 1 aromatic carbocycles. The van der Waals surface area contributed by atoms with Crippen molar-refractivity contribution in [3.63, 3.8) is 0 Å². The Morgan fingerprint density at radius 3 is 2.88 bits per heavy atom. The quantitative estimate of drug-likeness (QED) is 0.773. The molecule has 0 aliphatic carbocycles. The lowest BCUT2D eigenvalue weighted by Crippen LogP contribution is -2.40. The van der Waals surface area contributed by atoms with E-state index in [1.807, 2.05) is 24.1 Å². The number of carbonyl (C=O) groups excluding carboxylic acids is 1. The van der Waals surface area contributed by atoms with Crippen LogP contribution in [0.25, 0.3) is 11.4 Å². The van der Waals surface area contributed by atoms with Gasteiger partial charge in [0.25, 0.3) is 0 Å². The van der Waals surface area contributed by atoms with Gasteiger partial charge >= 0.3 is 0 Å². The number of nitrogens with one attached hydrogen (secondary N) is 1. The zero-order valence-corrected chi connectivity index (χ0v) is 16.4. The van der Waals surface area contributed by atoms with E-state index >= 15 is 0 Å². The van der Waals surface area contributed by atoms with E-state index in [1.165, 1.54) is 0 Å². The summed E-state index contributed by atoms with van der Waals surface area (Å²) in [4.78, 5) is 18.8. The van der Waals surface area contributed by atoms with Gasteiger partial charge in [-0.25, -0.2) is 0 Å². The van der Waals surface area contributed by atoms with E-state index in [4.69, 9.17) is 16.1 Å². The molecule has 142 valence electrons. The first-order valence-corrected chi connectivity index (χ1v) is 9.08. The fourth-order valence-corrected chi connectivity index (χ4v) is 3.34. The molecule has 1 aromatic heterocycles. The van der Waals surface area contributed by atoms with Crippen molar-refractivity contribution in [1.82, 2.24) is 20.4 Å². The molecular weight excluding hydrogens is 375 g/mol. The molecule has 1 N–H and O–H groups in total. The molecule has 1 amide bonds. The molecule has 1 atom stereocenters. The number of amides is 1. The van der Waals surface area contributed by atoms with Crippen molar-refractivity contribution in [2.75, 3.05) is 20.1 Å². The van der Waals surface area contributed by atoms with Crippen LogP contribution in [-0.4, -0.2) is 47.1 Å². The zero-order chi connectivity index (χ0) is 17.6. The van der Waals surface area contributed by atoms with Crippen molar-refractivity contribution in [3.05, 3.63) is 35.2 Å². The second kappa shape index (κ2) is 9.90. The first kappa shape index (κ1) is 20.7. The van der Waals surface area contributed by atoms with Gasteiger partial charge < -0.3 is 14.7 Å². The predicted octanol–water partition coefficient (Wildman–Crippen LogP) is 3.34. The summed E-state index contributed by atoms with van der Waals surface area (Å²) in [5, 5.41) is 7.83. The van der Waals surface area contributed by atoms with Gasteiger partial charge in [-0.1, -0.05) is 16.8 Å². The molecule has 2 heterocycles. The van der Waals surface area contributed by atoms with Gasteiger partial charge in [-0.3, -0.25) is 4.79 Å². The van der Waals surface area contributed by atoms with Crippen molar-refractivity contribution in [3.8, 4) is 11.4 Å². The van der Waals surface area contributed by atoms with E-state index in [1.54, 1.807) is 12.1 Å². The highest BCUT2D eigenvalue weighted by Crippen LogP contribution is 2.20. The highest BCUT2D eigenvalue weighted by molar-refractivity contribution is 6.30. The number of benzene rings is 1. The van der Waals surface area contributed by atoms with Crippen LogP contribution in [0.3, 0.4) is 0 Å². The number of aromatic nitrogens is 2. The molecule has 2 aromatic rings. The second-order valence-corrected chi connectivity index (χ2v) is 6.75. The molecule has 26 heavy (non-hydrogen) atoms. The summed E-state index contributed by atoms with van der Waals surface area (Å²) >= 11 is 5.88. The predicted molar refractivity (Wildman–Crippen MR) is 104 cm³/mol. The number of hydrogen-bond acceptors (Lipinski definition) is 5. The molecule has 8 heteroatoms. The van der Waals surface area contributed by atoms with Crippen LogP contribution >= 0.6 is 24.0 Å². The summed E-state index contributed by atoms with van der Waals surface area (Å²) < 4.78 is 5.29. The van der Waals surface area contributed by atoms with E-state index < -0.39 is 0 Å². The number of hydrogen-bond donors (Lipinski definition) is 1. The Morgan fingerprint density at radius 2 is 2.15 bits per heavy atom. The van der Waals surface area contributed by atoms with Crippen LogP contribution in [-0.2, 0) is 11.2 Å². The van der Waals surface area contributed by atoms with E-state index in [9.17, 15) is 4.79 Å². The molecule has 1 aliphatic heterocycles. The highest BCUT2D eigenvalue weighted by Gasteiger charge is 2.27. The van der Waals surface area contributed by atoms with E-state index in [-0.39, 0.29) is 18.3 Å². The van der Waals surface area contributed by atoms with Crippen molar-refractivity contribution in [2.45, 2.75) is 38.1 Å². The lowest BCUT2D eigenvalue weighted by molar-refractivity contribution is -0.132. The van der Waals surface area contributed by atoms with Gasteiger partial charge in [0.2, 0.25) is 17.6 Å². The third kappa shape index (κ3) is 5.19. The number of rotatable bonds is 7. The van der Waals surface area contributed by atoms with E-state index in [0.29, 0.717) is 42.0 Å². The minimum absolute atomic E-state index is 0. The Kier molecular flexibility index (Phi) is 7.87. The molecule has 0 radical (unpaired) electrons. The van der Waals surface area contributed by atoms with Gasteiger partial charge in [0.05, 0.1) is 0 Å². The van der Waals surface area contributed by atoms with Crippen LogP contribution < -0.4 is 5.32 Å². The lowest BCUT2D eigenvalue weighted by Gasteiger charge is -2.24. The van der Waals surface area contributed by atoms with Crippen LogP contribution in [0.1, 0.15) is 31.6 Å². The maximum Gasteiger partial charge on any atom is 0.226 e. The van der Waals surface area contributed by atoms with Gasteiger partial charge in [0, 0.05) is 42.6 Å². The Bertz CT molecular complexity index is 705. The molecule has 0 saturated carbocycles. The largest absolute Gasteiger partial charge is 0.339 e. The van der Waals surface area contributed by atoms with Crippen molar-refractivity contribution in [1.29, 1.82) is 0 Å². The molecule has 1 aliphatic rings. The minimum Gasteiger partial charge on any atom is -0.339 e. The fourth-order valence-electron chi connectivity index (χ4n) is 3.22. The standard InChI is InChI=1S/C18H23ClN4O2.ClH/c1-20-12-15-4-3-11-23(15)17(24)6-2-5-16-21-18(22-25-16)13-7-9-14(19)10-8-13;/h7-10,15,20H,2-6,11-12H2,1H3;1H. The van der Waals surface area contributed by atoms with Crippen LogP contribution in [0.5, 0.6) is 0 Å². The number of likely N-dealkylation sites (N-methyl/N-ethyl adjacent to an activating group) is 1. The number of carbonyl (C=O) groups is 1. The average molecular weight is 399 g/mol. The van der Waals surface area contributed by atoms with Gasteiger partial charge in [-0.2, -0.15) is 4.98 Å². The third-order valence-corrected chi connectivity index (χ3v) is 4.74. The zero-order valence-electron chi connectivity index (χ0n) is 14.8. The molecule has 3 rings (SSSR count). The Balaban J connectivity index is 0.00000243. The van der Waals surface area contributed by atoms with Gasteiger partial charge in [-0.05, 0) is 50.6 Å². The SMILES string of the molecule is CNCC1CCCN1C(=O)CCCc1nc(-c2ccc(Cl)cc2)no1.Cl. The topological polar surface area (TPSA) is 71.3 Å². The summed E-state index contributed by atoms with van der Waals surface area (Å²) in [7, 11) is 1.93. The second-order valence-electron chi connectivity index (χ2n) is 6.31. The van der Waals surface area contributed by atoms with E-state index in [0.717, 1.165) is 31.5 Å². The first-order chi connectivity index (χ1) is 12.2. The number of nitrogens with zero attached hydrogens (tertiary/aromatic N) is 3. The Hall–Kier alpha value is -1.63. The minimum atomic E-state index is 0. The summed E-state index contributed by atoms with van der Waals surface area (Å²) in [5.41, 5.74) is 0.863. The highest BCUT2D eigenvalue weighted by atomic mass is 35.5. The molecule has 0 spiro atoms. The van der Waals surface area contributed by atoms with Crippen molar-refractivity contribution < 1.29 is 9.32 Å². The molecule has 6 nitrogen and oxygen atoms in total. The summed E-state index contributed by atoms with van der Waals surface area (Å²) in [6.07, 6.45) is 4.01. The number of halogens is 2. The average Bonchev–Trinajstić information content (AvgIpc) is 3.25. The van der Waals surface area contributed by atoms with Gasteiger partial charge in [-0.15, -0.1) is 12.4 Å². The molecular formula is C18H24Cl2N4O2. The third-order valence-electron chi connectivity index (χ3n) is 4.49. The van der Waals surface area contributed by atoms with Crippen molar-refractivity contribution in [2.24, 2.45) is 0 Å². The molecule has 1 fully saturated rings. The lowest BCUT2D eigenvalue weighted by atomic mass is 10.2. The summed E-state index contributed by atoms with van der Waals surface area (Å²) in [5.74, 6) is 1.33. The molecule has 1 saturated heterocycles. The van der Waals surface area contributed by atoms with Gasteiger partial charge in [0.15, 0.2) is 0 Å². The van der Waals surface area contributed by atoms with Crippen LogP contribution in [0, 0.1) is 0 Å². The molecule has 0 bridgehead atoms. The van der Waals surface area contributed by atoms with Crippen LogP contribution in [0.15, 0.2) is 28.8 Å². The van der Waals surface area contributed by atoms with Crippen LogP contribution in [0.4, 0.5) is 0 Å². The number of likely N-dealkylation sites (tertiary alicyclic amines) is 1. The Morgan fingerprint density at radius 1 is 1.38 bits per heavy atom. The smallest absolute Gasteiger partial charge is 0.226 e. The first-order valence-electron chi connectivity index (χ1n) is 8.70.